The predicted octanol–water partition coefficient (Wildman–Crippen LogP) is 2.66. The van der Waals surface area contributed by atoms with Crippen LogP contribution in [0.4, 0.5) is 0 Å². The molecule has 0 amide bonds. The van der Waals surface area contributed by atoms with E-state index in [9.17, 15) is 0 Å². The Kier molecular flexibility index (Phi) is 4.91. The zero-order valence-corrected chi connectivity index (χ0v) is 13.3. The number of ether oxygens (including phenoxy) is 1. The average molecular weight is 268 g/mol. The summed E-state index contributed by atoms with van der Waals surface area (Å²) >= 11 is 0. The van der Waals surface area contributed by atoms with Crippen molar-refractivity contribution in [2.75, 3.05) is 32.8 Å². The third kappa shape index (κ3) is 3.93. The molecule has 0 aromatic carbocycles. The molecule has 112 valence electrons. The average Bonchev–Trinajstić information content (AvgIpc) is 2.68. The molecule has 2 fully saturated rings. The van der Waals surface area contributed by atoms with Gasteiger partial charge in [0.1, 0.15) is 0 Å². The number of hydrogen-bond donors (Lipinski definition) is 1. The Morgan fingerprint density at radius 1 is 1.16 bits per heavy atom. The monoisotopic (exact) mass is 268 g/mol. The van der Waals surface area contributed by atoms with Crippen molar-refractivity contribution in [3.8, 4) is 0 Å². The van der Waals surface area contributed by atoms with Crippen LogP contribution in [0.15, 0.2) is 0 Å². The van der Waals surface area contributed by atoms with Gasteiger partial charge in [0.05, 0.1) is 0 Å². The van der Waals surface area contributed by atoms with Gasteiger partial charge in [0.15, 0.2) is 0 Å². The molecule has 0 aromatic heterocycles. The molecule has 0 unspecified atom stereocenters. The Bertz CT molecular complexity index is 282. The molecule has 3 nitrogen and oxygen atoms in total. The Balaban J connectivity index is 2.00. The first kappa shape index (κ1) is 15.3. The van der Waals surface area contributed by atoms with Gasteiger partial charge < -0.3 is 10.1 Å². The summed E-state index contributed by atoms with van der Waals surface area (Å²) < 4.78 is 5.60. The second-order valence-electron chi connectivity index (χ2n) is 7.49. The summed E-state index contributed by atoms with van der Waals surface area (Å²) in [6, 6.07) is 0.575. The van der Waals surface area contributed by atoms with Gasteiger partial charge in [0.2, 0.25) is 0 Å². The van der Waals surface area contributed by atoms with Crippen molar-refractivity contribution < 1.29 is 4.74 Å². The zero-order valence-electron chi connectivity index (χ0n) is 13.3. The summed E-state index contributed by atoms with van der Waals surface area (Å²) in [6.45, 7) is 14.8. The molecule has 2 heterocycles. The van der Waals surface area contributed by atoms with Crippen molar-refractivity contribution in [2.24, 2.45) is 5.41 Å². The van der Waals surface area contributed by atoms with Gasteiger partial charge >= 0.3 is 0 Å². The highest BCUT2D eigenvalue weighted by molar-refractivity contribution is 4.95. The van der Waals surface area contributed by atoms with Gasteiger partial charge in [-0.15, -0.1) is 0 Å². The molecule has 2 rings (SSSR count). The van der Waals surface area contributed by atoms with E-state index in [1.807, 2.05) is 0 Å². The maximum atomic E-state index is 5.60. The van der Waals surface area contributed by atoms with E-state index in [2.05, 4.69) is 37.9 Å². The van der Waals surface area contributed by atoms with Crippen LogP contribution in [0, 0.1) is 5.41 Å². The van der Waals surface area contributed by atoms with Crippen molar-refractivity contribution in [1.82, 2.24) is 10.2 Å². The van der Waals surface area contributed by atoms with Gasteiger partial charge in [-0.05, 0) is 51.5 Å². The second kappa shape index (κ2) is 6.11. The van der Waals surface area contributed by atoms with Crippen LogP contribution in [0.3, 0.4) is 0 Å². The van der Waals surface area contributed by atoms with E-state index in [4.69, 9.17) is 4.74 Å². The molecule has 0 bridgehead atoms. The van der Waals surface area contributed by atoms with Crippen molar-refractivity contribution in [2.45, 2.75) is 65.0 Å². The van der Waals surface area contributed by atoms with Crippen LogP contribution >= 0.6 is 0 Å². The summed E-state index contributed by atoms with van der Waals surface area (Å²) in [4.78, 5) is 2.72. The lowest BCUT2D eigenvalue weighted by molar-refractivity contribution is -0.0154. The number of nitrogens with one attached hydrogen (secondary N) is 1. The lowest BCUT2D eigenvalue weighted by Crippen LogP contribution is -2.51. The molecule has 0 radical (unpaired) electrons. The largest absolute Gasteiger partial charge is 0.381 e. The lowest BCUT2D eigenvalue weighted by Gasteiger charge is -2.44. The molecular weight excluding hydrogens is 236 g/mol. The topological polar surface area (TPSA) is 24.5 Å². The standard InChI is InChI=1S/C16H32N2O/c1-14(2)17-12-16(7-10-19-11-8-16)13-18-9-5-6-15(18,3)4/h14,17H,5-13H2,1-4H3. The van der Waals surface area contributed by atoms with Crippen LogP contribution in [0.5, 0.6) is 0 Å². The van der Waals surface area contributed by atoms with Gasteiger partial charge in [-0.25, -0.2) is 0 Å². The fraction of sp³-hybridized carbons (Fsp3) is 1.00. The smallest absolute Gasteiger partial charge is 0.0472 e. The summed E-state index contributed by atoms with van der Waals surface area (Å²) in [5.74, 6) is 0. The van der Waals surface area contributed by atoms with Crippen LogP contribution in [0.25, 0.3) is 0 Å². The molecule has 0 saturated carbocycles. The maximum absolute atomic E-state index is 5.60. The Morgan fingerprint density at radius 2 is 1.84 bits per heavy atom. The third-order valence-electron chi connectivity index (χ3n) is 5.04. The van der Waals surface area contributed by atoms with Gasteiger partial charge in [0.25, 0.3) is 0 Å². The van der Waals surface area contributed by atoms with E-state index in [1.165, 1.54) is 38.8 Å². The van der Waals surface area contributed by atoms with Gasteiger partial charge in [-0.2, -0.15) is 0 Å². The van der Waals surface area contributed by atoms with Crippen molar-refractivity contribution in [1.29, 1.82) is 0 Å². The molecule has 3 heteroatoms. The van der Waals surface area contributed by atoms with Crippen LogP contribution < -0.4 is 5.32 Å². The summed E-state index contributed by atoms with van der Waals surface area (Å²) in [5.41, 5.74) is 0.813. The summed E-state index contributed by atoms with van der Waals surface area (Å²) in [7, 11) is 0. The van der Waals surface area contributed by atoms with Crippen molar-refractivity contribution in [3.05, 3.63) is 0 Å². The first-order valence-electron chi connectivity index (χ1n) is 8.00. The third-order valence-corrected chi connectivity index (χ3v) is 5.04. The highest BCUT2D eigenvalue weighted by atomic mass is 16.5. The molecule has 19 heavy (non-hydrogen) atoms. The predicted molar refractivity (Wildman–Crippen MR) is 80.5 cm³/mol. The lowest BCUT2D eigenvalue weighted by atomic mass is 9.78. The first-order chi connectivity index (χ1) is 8.94. The maximum Gasteiger partial charge on any atom is 0.0472 e. The van der Waals surface area contributed by atoms with Crippen LogP contribution in [0.1, 0.15) is 53.4 Å². The highest BCUT2D eigenvalue weighted by Gasteiger charge is 2.40. The van der Waals surface area contributed by atoms with E-state index in [0.29, 0.717) is 17.0 Å². The fourth-order valence-electron chi connectivity index (χ4n) is 3.48. The highest BCUT2D eigenvalue weighted by Crippen LogP contribution is 2.36. The van der Waals surface area contributed by atoms with Crippen LogP contribution in [-0.4, -0.2) is 49.3 Å². The number of rotatable bonds is 5. The van der Waals surface area contributed by atoms with E-state index < -0.39 is 0 Å². The molecule has 1 N–H and O–H groups in total. The van der Waals surface area contributed by atoms with Gasteiger partial charge in [0, 0.05) is 37.9 Å². The quantitative estimate of drug-likeness (QED) is 0.829. The van der Waals surface area contributed by atoms with Crippen molar-refractivity contribution in [3.63, 3.8) is 0 Å². The second-order valence-corrected chi connectivity index (χ2v) is 7.49. The minimum Gasteiger partial charge on any atom is -0.381 e. The molecule has 2 aliphatic heterocycles. The van der Waals surface area contributed by atoms with E-state index >= 15 is 0 Å². The number of hydrogen-bond acceptors (Lipinski definition) is 3. The normalized spacial score (nSPS) is 27.0. The summed E-state index contributed by atoms with van der Waals surface area (Å²) in [5, 5.41) is 3.68. The van der Waals surface area contributed by atoms with Gasteiger partial charge in [-0.3, -0.25) is 4.90 Å². The van der Waals surface area contributed by atoms with Gasteiger partial charge in [-0.1, -0.05) is 13.8 Å². The molecule has 0 atom stereocenters. The molecule has 2 saturated heterocycles. The minimum atomic E-state index is 0.392. The molecule has 0 spiro atoms. The SMILES string of the molecule is CC(C)NCC1(CN2CCCC2(C)C)CCOCC1. The number of nitrogens with zero attached hydrogens (tertiary/aromatic N) is 1. The number of likely N-dealkylation sites (tertiary alicyclic amines) is 1. The van der Waals surface area contributed by atoms with E-state index in [-0.39, 0.29) is 0 Å². The van der Waals surface area contributed by atoms with E-state index in [0.717, 1.165) is 19.8 Å². The Labute approximate surface area is 119 Å². The van der Waals surface area contributed by atoms with Crippen molar-refractivity contribution >= 4 is 0 Å². The molecule has 0 aromatic rings. The molecular formula is C16H32N2O. The van der Waals surface area contributed by atoms with E-state index in [1.54, 1.807) is 0 Å². The first-order valence-corrected chi connectivity index (χ1v) is 8.00. The minimum absolute atomic E-state index is 0.392. The Morgan fingerprint density at radius 3 is 2.37 bits per heavy atom. The molecule has 0 aliphatic carbocycles. The molecule has 2 aliphatic rings. The van der Waals surface area contributed by atoms with Crippen LogP contribution in [-0.2, 0) is 4.74 Å². The summed E-state index contributed by atoms with van der Waals surface area (Å²) in [6.07, 6.45) is 5.12. The zero-order chi connectivity index (χ0) is 13.9. The van der Waals surface area contributed by atoms with Crippen LogP contribution in [0.2, 0.25) is 0 Å². The fourth-order valence-corrected chi connectivity index (χ4v) is 3.48. The Hall–Kier alpha value is -0.120.